The van der Waals surface area contributed by atoms with E-state index in [0.29, 0.717) is 24.5 Å². The molecule has 4 heteroatoms. The van der Waals surface area contributed by atoms with E-state index in [0.717, 1.165) is 12.8 Å². The summed E-state index contributed by atoms with van der Waals surface area (Å²) in [6.45, 7) is 2.31. The number of hydrogen-bond donors (Lipinski definition) is 0. The molecule has 94 valence electrons. The van der Waals surface area contributed by atoms with Gasteiger partial charge in [-0.05, 0) is 31.9 Å². The van der Waals surface area contributed by atoms with Gasteiger partial charge in [0.2, 0.25) is 5.91 Å². The summed E-state index contributed by atoms with van der Waals surface area (Å²) in [6.07, 6.45) is 1.96. The Hall–Kier alpha value is -1.09. The van der Waals surface area contributed by atoms with Gasteiger partial charge in [0, 0.05) is 18.8 Å². The van der Waals surface area contributed by atoms with E-state index in [4.69, 9.17) is 11.6 Å². The maximum Gasteiger partial charge on any atom is 0.227 e. The van der Waals surface area contributed by atoms with E-state index in [9.17, 15) is 9.18 Å². The molecule has 0 radical (unpaired) electrons. The standard InChI is InChI=1S/C13H17ClFNO/c1-2-16(13(17)9-5-6-10-14)12-8-4-3-7-11(12)15/h3-4,7-8H,2,5-6,9-10H2,1H3. The van der Waals surface area contributed by atoms with Gasteiger partial charge < -0.3 is 4.90 Å². The Bertz CT molecular complexity index is 370. The van der Waals surface area contributed by atoms with Crippen molar-refractivity contribution in [2.75, 3.05) is 17.3 Å². The number of unbranched alkanes of at least 4 members (excludes halogenated alkanes) is 1. The second-order valence-electron chi connectivity index (χ2n) is 3.74. The zero-order chi connectivity index (χ0) is 12.7. The van der Waals surface area contributed by atoms with Crippen LogP contribution in [0.5, 0.6) is 0 Å². The number of alkyl halides is 1. The van der Waals surface area contributed by atoms with Crippen LogP contribution in [0.1, 0.15) is 26.2 Å². The van der Waals surface area contributed by atoms with Crippen molar-refractivity contribution in [2.24, 2.45) is 0 Å². The Morgan fingerprint density at radius 2 is 2.06 bits per heavy atom. The zero-order valence-corrected chi connectivity index (χ0v) is 10.7. The van der Waals surface area contributed by atoms with Crippen molar-refractivity contribution in [2.45, 2.75) is 26.2 Å². The highest BCUT2D eigenvalue weighted by Gasteiger charge is 2.16. The van der Waals surface area contributed by atoms with Crippen LogP contribution in [0.15, 0.2) is 24.3 Å². The molecule has 0 spiro atoms. The number of amides is 1. The summed E-state index contributed by atoms with van der Waals surface area (Å²) in [4.78, 5) is 13.4. The Labute approximate surface area is 106 Å². The molecular formula is C13H17ClFNO. The highest BCUT2D eigenvalue weighted by molar-refractivity contribution is 6.17. The molecule has 17 heavy (non-hydrogen) atoms. The molecule has 2 nitrogen and oxygen atoms in total. The molecule has 0 N–H and O–H groups in total. The van der Waals surface area contributed by atoms with E-state index in [1.807, 2.05) is 6.92 Å². The summed E-state index contributed by atoms with van der Waals surface area (Å²) < 4.78 is 13.6. The fraction of sp³-hybridized carbons (Fsp3) is 0.462. The van der Waals surface area contributed by atoms with Crippen LogP contribution in [-0.4, -0.2) is 18.3 Å². The molecule has 1 amide bonds. The molecule has 0 aliphatic heterocycles. The van der Waals surface area contributed by atoms with Crippen LogP contribution in [0, 0.1) is 5.82 Å². The second kappa shape index (κ2) is 7.28. The first-order valence-corrected chi connectivity index (χ1v) is 6.35. The third kappa shape index (κ3) is 4.00. The smallest absolute Gasteiger partial charge is 0.227 e. The van der Waals surface area contributed by atoms with Gasteiger partial charge in [0.25, 0.3) is 0 Å². The molecule has 1 aromatic carbocycles. The average molecular weight is 258 g/mol. The molecule has 0 aliphatic rings. The number of rotatable bonds is 6. The van der Waals surface area contributed by atoms with E-state index in [2.05, 4.69) is 0 Å². The van der Waals surface area contributed by atoms with Gasteiger partial charge >= 0.3 is 0 Å². The quantitative estimate of drug-likeness (QED) is 0.563. The van der Waals surface area contributed by atoms with Crippen LogP contribution in [0.2, 0.25) is 0 Å². The van der Waals surface area contributed by atoms with E-state index in [1.54, 1.807) is 18.2 Å². The molecule has 0 aliphatic carbocycles. The summed E-state index contributed by atoms with van der Waals surface area (Å²) in [5, 5.41) is 0. The second-order valence-corrected chi connectivity index (χ2v) is 4.11. The van der Waals surface area contributed by atoms with Crippen LogP contribution < -0.4 is 4.90 Å². The molecule has 1 aromatic rings. The number of carbonyl (C=O) groups excluding carboxylic acids is 1. The first kappa shape index (κ1) is 14.0. The van der Waals surface area contributed by atoms with Crippen molar-refractivity contribution in [3.05, 3.63) is 30.1 Å². The predicted molar refractivity (Wildman–Crippen MR) is 69.0 cm³/mol. The van der Waals surface area contributed by atoms with E-state index in [-0.39, 0.29) is 11.7 Å². The maximum atomic E-state index is 13.6. The lowest BCUT2D eigenvalue weighted by atomic mass is 10.2. The van der Waals surface area contributed by atoms with Crippen LogP contribution >= 0.6 is 11.6 Å². The number of halogens is 2. The van der Waals surface area contributed by atoms with Crippen molar-refractivity contribution in [3.63, 3.8) is 0 Å². The highest BCUT2D eigenvalue weighted by atomic mass is 35.5. The van der Waals surface area contributed by atoms with Gasteiger partial charge in [-0.3, -0.25) is 4.79 Å². The molecule has 0 aromatic heterocycles. The van der Waals surface area contributed by atoms with Crippen molar-refractivity contribution in [1.29, 1.82) is 0 Å². The molecule has 0 fully saturated rings. The molecule has 1 rings (SSSR count). The first-order valence-electron chi connectivity index (χ1n) is 5.81. The number of anilines is 1. The van der Waals surface area contributed by atoms with Crippen molar-refractivity contribution in [1.82, 2.24) is 0 Å². The predicted octanol–water partition coefficient (Wildman–Crippen LogP) is 3.59. The largest absolute Gasteiger partial charge is 0.310 e. The number of para-hydroxylation sites is 1. The fourth-order valence-electron chi connectivity index (χ4n) is 1.66. The molecule has 0 saturated heterocycles. The minimum absolute atomic E-state index is 0.0530. The first-order chi connectivity index (χ1) is 8.20. The average Bonchev–Trinajstić information content (AvgIpc) is 2.33. The van der Waals surface area contributed by atoms with Crippen LogP contribution in [0.3, 0.4) is 0 Å². The molecule has 0 atom stereocenters. The van der Waals surface area contributed by atoms with E-state index < -0.39 is 0 Å². The van der Waals surface area contributed by atoms with Crippen LogP contribution in [0.4, 0.5) is 10.1 Å². The normalized spacial score (nSPS) is 10.3. The summed E-state index contributed by atoms with van der Waals surface area (Å²) >= 11 is 5.56. The van der Waals surface area contributed by atoms with Gasteiger partial charge in [-0.1, -0.05) is 12.1 Å². The van der Waals surface area contributed by atoms with Crippen molar-refractivity contribution >= 4 is 23.2 Å². The summed E-state index contributed by atoms with van der Waals surface area (Å²) in [7, 11) is 0. The third-order valence-electron chi connectivity index (χ3n) is 2.53. The van der Waals surface area contributed by atoms with Gasteiger partial charge in [0.1, 0.15) is 5.82 Å². The van der Waals surface area contributed by atoms with Gasteiger partial charge in [0.15, 0.2) is 0 Å². The lowest BCUT2D eigenvalue weighted by Gasteiger charge is -2.21. The van der Waals surface area contributed by atoms with Gasteiger partial charge in [-0.25, -0.2) is 4.39 Å². The van der Waals surface area contributed by atoms with E-state index in [1.165, 1.54) is 11.0 Å². The minimum Gasteiger partial charge on any atom is -0.310 e. The summed E-state index contributed by atoms with van der Waals surface area (Å²) in [5.74, 6) is 0.141. The summed E-state index contributed by atoms with van der Waals surface area (Å²) in [5.41, 5.74) is 0.353. The molecule has 0 heterocycles. The summed E-state index contributed by atoms with van der Waals surface area (Å²) in [6, 6.07) is 6.33. The Morgan fingerprint density at radius 3 is 2.65 bits per heavy atom. The third-order valence-corrected chi connectivity index (χ3v) is 2.80. The molecular weight excluding hydrogens is 241 g/mol. The zero-order valence-electron chi connectivity index (χ0n) is 9.96. The molecule has 0 saturated carbocycles. The molecule has 0 unspecified atom stereocenters. The van der Waals surface area contributed by atoms with Crippen LogP contribution in [-0.2, 0) is 4.79 Å². The molecule has 0 bridgehead atoms. The lowest BCUT2D eigenvalue weighted by Crippen LogP contribution is -2.31. The monoisotopic (exact) mass is 257 g/mol. The van der Waals surface area contributed by atoms with E-state index >= 15 is 0 Å². The SMILES string of the molecule is CCN(C(=O)CCCCCl)c1ccccc1F. The fourth-order valence-corrected chi connectivity index (χ4v) is 1.85. The number of carbonyl (C=O) groups is 1. The Balaban J connectivity index is 2.71. The minimum atomic E-state index is -0.361. The number of nitrogens with zero attached hydrogens (tertiary/aromatic N) is 1. The van der Waals surface area contributed by atoms with Crippen molar-refractivity contribution < 1.29 is 9.18 Å². The number of hydrogen-bond acceptors (Lipinski definition) is 1. The van der Waals surface area contributed by atoms with Gasteiger partial charge in [0.05, 0.1) is 5.69 Å². The van der Waals surface area contributed by atoms with Crippen LogP contribution in [0.25, 0.3) is 0 Å². The van der Waals surface area contributed by atoms with Gasteiger partial charge in [-0.15, -0.1) is 11.6 Å². The van der Waals surface area contributed by atoms with Crippen molar-refractivity contribution in [3.8, 4) is 0 Å². The Morgan fingerprint density at radius 1 is 1.35 bits per heavy atom. The Kier molecular flexibility index (Phi) is 5.98. The maximum absolute atomic E-state index is 13.6. The topological polar surface area (TPSA) is 20.3 Å². The lowest BCUT2D eigenvalue weighted by molar-refractivity contribution is -0.118. The highest BCUT2D eigenvalue weighted by Crippen LogP contribution is 2.19. The van der Waals surface area contributed by atoms with Gasteiger partial charge in [-0.2, -0.15) is 0 Å². The number of benzene rings is 1.